The number of aryl methyl sites for hydroxylation is 2. The minimum absolute atomic E-state index is 0.186. The number of aromatic nitrogens is 3. The van der Waals surface area contributed by atoms with Crippen molar-refractivity contribution in [3.05, 3.63) is 34.3 Å². The van der Waals surface area contributed by atoms with Crippen LogP contribution in [0.1, 0.15) is 32.5 Å². The van der Waals surface area contributed by atoms with Crippen LogP contribution in [0, 0.1) is 6.92 Å². The molecule has 2 heterocycles. The lowest BCUT2D eigenvalue weighted by molar-refractivity contribution is 0.0884. The second-order valence-electron chi connectivity index (χ2n) is 3.64. The fraction of sp³-hybridized carbons (Fsp3) is 0.273. The molecule has 6 heteroatoms. The molecule has 0 unspecified atom stereocenters. The van der Waals surface area contributed by atoms with Crippen molar-refractivity contribution < 1.29 is 9.59 Å². The van der Waals surface area contributed by atoms with Gasteiger partial charge in [-0.1, -0.05) is 0 Å². The van der Waals surface area contributed by atoms with Crippen LogP contribution in [-0.4, -0.2) is 26.1 Å². The zero-order valence-electron chi connectivity index (χ0n) is 9.51. The van der Waals surface area contributed by atoms with Gasteiger partial charge in [0.05, 0.1) is 11.4 Å². The van der Waals surface area contributed by atoms with E-state index in [1.807, 2.05) is 6.92 Å². The topological polar surface area (TPSA) is 64.8 Å². The van der Waals surface area contributed by atoms with Crippen molar-refractivity contribution in [3.63, 3.8) is 0 Å². The number of imidazole rings is 1. The van der Waals surface area contributed by atoms with Gasteiger partial charge in [0.2, 0.25) is 5.78 Å². The third kappa shape index (κ3) is 2.47. The molecule has 88 valence electrons. The number of carbonyl (C=O) groups is 2. The molecule has 0 aromatic carbocycles. The summed E-state index contributed by atoms with van der Waals surface area (Å²) in [4.78, 5) is 31.5. The first-order valence-corrected chi connectivity index (χ1v) is 5.91. The molecule has 0 aliphatic rings. The maximum atomic E-state index is 11.8. The standard InChI is InChI=1S/C11H11N3O2S/c1-7-13-8(6-17-7)9(15)5-10(16)11-12-3-4-14(11)2/h3-4,6H,5H2,1-2H3. The predicted molar refractivity (Wildman–Crippen MR) is 63.3 cm³/mol. The Balaban J connectivity index is 2.10. The van der Waals surface area contributed by atoms with Crippen LogP contribution in [-0.2, 0) is 7.05 Å². The largest absolute Gasteiger partial charge is 0.332 e. The summed E-state index contributed by atoms with van der Waals surface area (Å²) in [5.74, 6) is -0.249. The molecule has 2 rings (SSSR count). The molecule has 0 N–H and O–H groups in total. The molecule has 0 amide bonds. The molecule has 0 spiro atoms. The van der Waals surface area contributed by atoms with E-state index < -0.39 is 0 Å². The quantitative estimate of drug-likeness (QED) is 0.610. The number of thiazole rings is 1. The van der Waals surface area contributed by atoms with Gasteiger partial charge in [0.1, 0.15) is 5.69 Å². The molecule has 0 bridgehead atoms. The normalized spacial score (nSPS) is 10.5. The van der Waals surface area contributed by atoms with Crippen LogP contribution < -0.4 is 0 Å². The molecular formula is C11H11N3O2S. The Hall–Kier alpha value is -1.82. The third-order valence-corrected chi connectivity index (χ3v) is 3.07. The Bertz CT molecular complexity index is 571. The Labute approximate surface area is 102 Å². The summed E-state index contributed by atoms with van der Waals surface area (Å²) in [7, 11) is 1.72. The van der Waals surface area contributed by atoms with E-state index in [0.717, 1.165) is 5.01 Å². The van der Waals surface area contributed by atoms with Gasteiger partial charge in [-0.25, -0.2) is 9.97 Å². The zero-order chi connectivity index (χ0) is 12.4. The van der Waals surface area contributed by atoms with E-state index in [4.69, 9.17) is 0 Å². The van der Waals surface area contributed by atoms with Crippen molar-refractivity contribution in [1.82, 2.24) is 14.5 Å². The van der Waals surface area contributed by atoms with Crippen LogP contribution in [0.5, 0.6) is 0 Å². The number of rotatable bonds is 4. The van der Waals surface area contributed by atoms with E-state index in [-0.39, 0.29) is 18.0 Å². The van der Waals surface area contributed by atoms with Crippen molar-refractivity contribution in [1.29, 1.82) is 0 Å². The summed E-state index contributed by atoms with van der Waals surface area (Å²) in [6.45, 7) is 1.82. The van der Waals surface area contributed by atoms with Gasteiger partial charge < -0.3 is 4.57 Å². The first-order valence-electron chi connectivity index (χ1n) is 5.04. The van der Waals surface area contributed by atoms with Gasteiger partial charge in [0.15, 0.2) is 11.6 Å². The molecule has 0 saturated carbocycles. The first-order chi connectivity index (χ1) is 8.08. The minimum Gasteiger partial charge on any atom is -0.332 e. The molecule has 0 aliphatic heterocycles. The zero-order valence-corrected chi connectivity index (χ0v) is 10.3. The summed E-state index contributed by atoms with van der Waals surface area (Å²) in [6.07, 6.45) is 3.02. The van der Waals surface area contributed by atoms with Crippen LogP contribution in [0.4, 0.5) is 0 Å². The van der Waals surface area contributed by atoms with E-state index in [0.29, 0.717) is 11.5 Å². The maximum absolute atomic E-state index is 11.8. The molecule has 0 atom stereocenters. The number of Topliss-reactive ketones (excluding diaryl/α,β-unsaturated/α-hetero) is 2. The SMILES string of the molecule is Cc1nc(C(=O)CC(=O)c2nccn2C)cs1. The van der Waals surface area contributed by atoms with E-state index in [2.05, 4.69) is 9.97 Å². The van der Waals surface area contributed by atoms with Crippen molar-refractivity contribution in [2.75, 3.05) is 0 Å². The second kappa shape index (κ2) is 4.58. The Kier molecular flexibility index (Phi) is 3.14. The van der Waals surface area contributed by atoms with Gasteiger partial charge in [0, 0.05) is 24.8 Å². The average Bonchev–Trinajstić information content (AvgIpc) is 2.86. The van der Waals surface area contributed by atoms with Gasteiger partial charge in [-0.3, -0.25) is 9.59 Å². The number of hydrogen-bond acceptors (Lipinski definition) is 5. The molecule has 0 aliphatic carbocycles. The smallest absolute Gasteiger partial charge is 0.206 e. The Morgan fingerprint density at radius 3 is 2.71 bits per heavy atom. The van der Waals surface area contributed by atoms with Gasteiger partial charge in [0.25, 0.3) is 0 Å². The highest BCUT2D eigenvalue weighted by Gasteiger charge is 2.18. The molecule has 0 radical (unpaired) electrons. The number of carbonyl (C=O) groups excluding carboxylic acids is 2. The molecular weight excluding hydrogens is 238 g/mol. The molecule has 17 heavy (non-hydrogen) atoms. The van der Waals surface area contributed by atoms with E-state index in [9.17, 15) is 9.59 Å². The summed E-state index contributed by atoms with van der Waals surface area (Å²) < 4.78 is 1.60. The third-order valence-electron chi connectivity index (χ3n) is 2.30. The molecule has 0 saturated heterocycles. The molecule has 0 fully saturated rings. The predicted octanol–water partition coefficient (Wildman–Crippen LogP) is 1.64. The second-order valence-corrected chi connectivity index (χ2v) is 4.70. The number of ketones is 2. The van der Waals surface area contributed by atoms with Crippen LogP contribution in [0.25, 0.3) is 0 Å². The summed E-state index contributed by atoms with van der Waals surface area (Å²) in [5.41, 5.74) is 0.357. The average molecular weight is 249 g/mol. The Morgan fingerprint density at radius 1 is 1.41 bits per heavy atom. The fourth-order valence-electron chi connectivity index (χ4n) is 1.44. The highest BCUT2D eigenvalue weighted by Crippen LogP contribution is 2.11. The highest BCUT2D eigenvalue weighted by atomic mass is 32.1. The van der Waals surface area contributed by atoms with E-state index in [1.165, 1.54) is 17.5 Å². The summed E-state index contributed by atoms with van der Waals surface area (Å²) in [5, 5.41) is 2.49. The van der Waals surface area contributed by atoms with Crippen molar-refractivity contribution in [3.8, 4) is 0 Å². The lowest BCUT2D eigenvalue weighted by Crippen LogP contribution is -2.13. The van der Waals surface area contributed by atoms with Crippen LogP contribution in [0.15, 0.2) is 17.8 Å². The van der Waals surface area contributed by atoms with Crippen LogP contribution in [0.2, 0.25) is 0 Å². The molecule has 2 aromatic rings. The molecule has 2 aromatic heterocycles. The summed E-state index contributed by atoms with van der Waals surface area (Å²) >= 11 is 1.40. The fourth-order valence-corrected chi connectivity index (χ4v) is 2.06. The maximum Gasteiger partial charge on any atom is 0.206 e. The van der Waals surface area contributed by atoms with Crippen LogP contribution >= 0.6 is 11.3 Å². The minimum atomic E-state index is -0.284. The summed E-state index contributed by atoms with van der Waals surface area (Å²) in [6, 6.07) is 0. The Morgan fingerprint density at radius 2 is 2.18 bits per heavy atom. The van der Waals surface area contributed by atoms with Gasteiger partial charge >= 0.3 is 0 Å². The van der Waals surface area contributed by atoms with Crippen molar-refractivity contribution in [2.45, 2.75) is 13.3 Å². The number of hydrogen-bond donors (Lipinski definition) is 0. The van der Waals surface area contributed by atoms with Crippen LogP contribution in [0.3, 0.4) is 0 Å². The lowest BCUT2D eigenvalue weighted by atomic mass is 10.1. The van der Waals surface area contributed by atoms with E-state index >= 15 is 0 Å². The highest BCUT2D eigenvalue weighted by molar-refractivity contribution is 7.09. The van der Waals surface area contributed by atoms with Crippen molar-refractivity contribution in [2.24, 2.45) is 7.05 Å². The molecule has 5 nitrogen and oxygen atoms in total. The number of nitrogens with zero attached hydrogens (tertiary/aromatic N) is 3. The van der Waals surface area contributed by atoms with Gasteiger partial charge in [-0.2, -0.15) is 0 Å². The van der Waals surface area contributed by atoms with E-state index in [1.54, 1.807) is 23.2 Å². The monoisotopic (exact) mass is 249 g/mol. The van der Waals surface area contributed by atoms with Crippen molar-refractivity contribution >= 4 is 22.9 Å². The first kappa shape index (κ1) is 11.7. The lowest BCUT2D eigenvalue weighted by Gasteiger charge is -1.99. The van der Waals surface area contributed by atoms with Gasteiger partial charge in [-0.05, 0) is 6.92 Å². The van der Waals surface area contributed by atoms with Gasteiger partial charge in [-0.15, -0.1) is 11.3 Å².